The van der Waals surface area contributed by atoms with Crippen LogP contribution in [0.15, 0.2) is 18.2 Å². The highest BCUT2D eigenvalue weighted by Gasteiger charge is 2.30. The van der Waals surface area contributed by atoms with Gasteiger partial charge in [0.25, 0.3) is 0 Å². The third-order valence-corrected chi connectivity index (χ3v) is 4.31. The van der Waals surface area contributed by atoms with Crippen molar-refractivity contribution in [2.75, 3.05) is 38.5 Å². The van der Waals surface area contributed by atoms with Crippen molar-refractivity contribution in [3.63, 3.8) is 0 Å². The molecule has 6 heteroatoms. The topological polar surface area (TPSA) is 72.9 Å². The molecule has 0 radical (unpaired) electrons. The number of carbonyl (C=O) groups excluding carboxylic acids is 1. The van der Waals surface area contributed by atoms with Crippen LogP contribution >= 0.6 is 0 Å². The van der Waals surface area contributed by atoms with E-state index in [1.54, 1.807) is 0 Å². The van der Waals surface area contributed by atoms with Gasteiger partial charge in [-0.2, -0.15) is 0 Å². The molecule has 0 unspecified atom stereocenters. The molecular weight excluding hydrogens is 294 g/mol. The SMILES string of the molecule is Cc1ccc(C)c(NC(=O)C[C@@H](C(=O)O)N2CCN(C)CC2)c1. The summed E-state index contributed by atoms with van der Waals surface area (Å²) < 4.78 is 0. The number of nitrogens with one attached hydrogen (secondary N) is 1. The second kappa shape index (κ2) is 7.57. The molecule has 2 N–H and O–H groups in total. The van der Waals surface area contributed by atoms with Gasteiger partial charge in [0, 0.05) is 31.9 Å². The fraction of sp³-hybridized carbons (Fsp3) is 0.529. The maximum absolute atomic E-state index is 12.3. The molecule has 1 aromatic rings. The second-order valence-corrected chi connectivity index (χ2v) is 6.26. The molecule has 126 valence electrons. The smallest absolute Gasteiger partial charge is 0.321 e. The fourth-order valence-corrected chi connectivity index (χ4v) is 2.75. The lowest BCUT2D eigenvalue weighted by Crippen LogP contribution is -2.52. The molecule has 2 rings (SSSR count). The molecule has 1 aromatic carbocycles. The summed E-state index contributed by atoms with van der Waals surface area (Å²) in [5.41, 5.74) is 2.77. The van der Waals surface area contributed by atoms with Crippen LogP contribution in [0.2, 0.25) is 0 Å². The average Bonchev–Trinajstić information content (AvgIpc) is 2.49. The third-order valence-electron chi connectivity index (χ3n) is 4.31. The molecule has 1 atom stereocenters. The number of aliphatic carboxylic acids is 1. The molecule has 0 saturated carbocycles. The highest BCUT2D eigenvalue weighted by Crippen LogP contribution is 2.17. The van der Waals surface area contributed by atoms with E-state index in [-0.39, 0.29) is 12.3 Å². The summed E-state index contributed by atoms with van der Waals surface area (Å²) in [6, 6.07) is 5.06. The molecule has 6 nitrogen and oxygen atoms in total. The van der Waals surface area contributed by atoms with Gasteiger partial charge in [0.2, 0.25) is 5.91 Å². The van der Waals surface area contributed by atoms with Crippen LogP contribution in [-0.4, -0.2) is 66.1 Å². The first-order valence-electron chi connectivity index (χ1n) is 7.89. The zero-order valence-electron chi connectivity index (χ0n) is 14.0. The van der Waals surface area contributed by atoms with Crippen molar-refractivity contribution >= 4 is 17.6 Å². The summed E-state index contributed by atoms with van der Waals surface area (Å²) in [4.78, 5) is 27.9. The number of benzene rings is 1. The van der Waals surface area contributed by atoms with E-state index in [2.05, 4.69) is 10.2 Å². The molecule has 23 heavy (non-hydrogen) atoms. The number of hydrogen-bond donors (Lipinski definition) is 2. The van der Waals surface area contributed by atoms with Gasteiger partial charge in [0.15, 0.2) is 0 Å². The first kappa shape index (κ1) is 17.4. The van der Waals surface area contributed by atoms with Gasteiger partial charge in [-0.15, -0.1) is 0 Å². The molecule has 1 saturated heterocycles. The van der Waals surface area contributed by atoms with Crippen LogP contribution in [0.1, 0.15) is 17.5 Å². The largest absolute Gasteiger partial charge is 0.480 e. The molecule has 1 aliphatic heterocycles. The fourth-order valence-electron chi connectivity index (χ4n) is 2.75. The minimum Gasteiger partial charge on any atom is -0.480 e. The lowest BCUT2D eigenvalue weighted by atomic mass is 10.1. The summed E-state index contributed by atoms with van der Waals surface area (Å²) in [6.07, 6.45) is -0.0353. The van der Waals surface area contributed by atoms with Crippen LogP contribution in [0.5, 0.6) is 0 Å². The minimum atomic E-state index is -0.939. The molecule has 0 aromatic heterocycles. The predicted octanol–water partition coefficient (Wildman–Crippen LogP) is 1.33. The van der Waals surface area contributed by atoms with E-state index in [9.17, 15) is 14.7 Å². The quantitative estimate of drug-likeness (QED) is 0.857. The van der Waals surface area contributed by atoms with Gasteiger partial charge in [0.05, 0.1) is 6.42 Å². The Morgan fingerprint density at radius 1 is 1.22 bits per heavy atom. The van der Waals surface area contributed by atoms with Crippen LogP contribution in [-0.2, 0) is 9.59 Å². The molecule has 0 bridgehead atoms. The number of aryl methyl sites for hydroxylation is 2. The first-order valence-corrected chi connectivity index (χ1v) is 7.89. The van der Waals surface area contributed by atoms with Crippen molar-refractivity contribution in [2.45, 2.75) is 26.3 Å². The number of piperazine rings is 1. The lowest BCUT2D eigenvalue weighted by molar-refractivity contribution is -0.145. The van der Waals surface area contributed by atoms with Gasteiger partial charge in [-0.05, 0) is 38.1 Å². The van der Waals surface area contributed by atoms with Crippen molar-refractivity contribution in [3.8, 4) is 0 Å². The number of carboxylic acids is 1. The van der Waals surface area contributed by atoms with E-state index in [4.69, 9.17) is 0 Å². The van der Waals surface area contributed by atoms with Crippen LogP contribution < -0.4 is 5.32 Å². The Kier molecular flexibility index (Phi) is 5.74. The highest BCUT2D eigenvalue weighted by molar-refractivity contribution is 5.94. The van der Waals surface area contributed by atoms with Gasteiger partial charge in [-0.1, -0.05) is 12.1 Å². The van der Waals surface area contributed by atoms with Crippen molar-refractivity contribution in [2.24, 2.45) is 0 Å². The molecule has 1 heterocycles. The Bertz CT molecular complexity index is 580. The van der Waals surface area contributed by atoms with Gasteiger partial charge >= 0.3 is 5.97 Å². The molecule has 0 aliphatic carbocycles. The maximum atomic E-state index is 12.3. The minimum absolute atomic E-state index is 0.0353. The maximum Gasteiger partial charge on any atom is 0.321 e. The van der Waals surface area contributed by atoms with Crippen molar-refractivity contribution in [3.05, 3.63) is 29.3 Å². The monoisotopic (exact) mass is 319 g/mol. The molecular formula is C17H25N3O3. The van der Waals surface area contributed by atoms with Crippen LogP contribution in [0.25, 0.3) is 0 Å². The number of hydrogen-bond acceptors (Lipinski definition) is 4. The molecule has 1 aliphatic rings. The zero-order chi connectivity index (χ0) is 17.0. The Labute approximate surface area is 137 Å². The summed E-state index contributed by atoms with van der Waals surface area (Å²) >= 11 is 0. The third kappa shape index (κ3) is 4.77. The van der Waals surface area contributed by atoms with Crippen molar-refractivity contribution in [1.82, 2.24) is 9.80 Å². The number of anilines is 1. The Balaban J connectivity index is 2.00. The normalized spacial score (nSPS) is 17.7. The number of likely N-dealkylation sites (N-methyl/N-ethyl adjacent to an activating group) is 1. The molecule has 0 spiro atoms. The Hall–Kier alpha value is -1.92. The highest BCUT2D eigenvalue weighted by atomic mass is 16.4. The average molecular weight is 319 g/mol. The van der Waals surface area contributed by atoms with E-state index in [0.29, 0.717) is 13.1 Å². The summed E-state index contributed by atoms with van der Waals surface area (Å²) in [6.45, 7) is 6.86. The van der Waals surface area contributed by atoms with Gasteiger partial charge in [-0.25, -0.2) is 0 Å². The van der Waals surface area contributed by atoms with E-state index < -0.39 is 12.0 Å². The van der Waals surface area contributed by atoms with Crippen LogP contribution in [0.4, 0.5) is 5.69 Å². The first-order chi connectivity index (χ1) is 10.9. The number of carboxylic acid groups (broad SMARTS) is 1. The summed E-state index contributed by atoms with van der Waals surface area (Å²) in [5, 5.41) is 12.3. The molecule has 1 amide bonds. The lowest BCUT2D eigenvalue weighted by Gasteiger charge is -2.35. The van der Waals surface area contributed by atoms with E-state index in [1.807, 2.05) is 44.0 Å². The standard InChI is InChI=1S/C17H25N3O3/c1-12-4-5-13(2)14(10-12)18-16(21)11-15(17(22)23)20-8-6-19(3)7-9-20/h4-5,10,15H,6-9,11H2,1-3H3,(H,18,21)(H,22,23)/t15-/m0/s1. The van der Waals surface area contributed by atoms with Crippen molar-refractivity contribution in [1.29, 1.82) is 0 Å². The van der Waals surface area contributed by atoms with Crippen LogP contribution in [0.3, 0.4) is 0 Å². The van der Waals surface area contributed by atoms with Gasteiger partial charge in [-0.3, -0.25) is 14.5 Å². The zero-order valence-corrected chi connectivity index (χ0v) is 14.0. The summed E-state index contributed by atoms with van der Waals surface area (Å²) in [7, 11) is 2.01. The van der Waals surface area contributed by atoms with Crippen molar-refractivity contribution < 1.29 is 14.7 Å². The van der Waals surface area contributed by atoms with E-state index >= 15 is 0 Å². The molecule has 1 fully saturated rings. The number of carbonyl (C=O) groups is 2. The second-order valence-electron chi connectivity index (χ2n) is 6.26. The number of nitrogens with zero attached hydrogens (tertiary/aromatic N) is 2. The van der Waals surface area contributed by atoms with Crippen LogP contribution in [0, 0.1) is 13.8 Å². The van der Waals surface area contributed by atoms with Gasteiger partial charge in [0.1, 0.15) is 6.04 Å². The number of rotatable bonds is 5. The Morgan fingerprint density at radius 3 is 2.48 bits per heavy atom. The van der Waals surface area contributed by atoms with Gasteiger partial charge < -0.3 is 15.3 Å². The Morgan fingerprint density at radius 2 is 1.87 bits per heavy atom. The van der Waals surface area contributed by atoms with E-state index in [0.717, 1.165) is 29.9 Å². The summed E-state index contributed by atoms with van der Waals surface area (Å²) in [5.74, 6) is -1.20. The predicted molar refractivity (Wildman–Crippen MR) is 89.7 cm³/mol. The van der Waals surface area contributed by atoms with E-state index in [1.165, 1.54) is 0 Å². The number of amides is 1.